The number of esters is 1. The van der Waals surface area contributed by atoms with Crippen LogP contribution in [0.5, 0.6) is 0 Å². The van der Waals surface area contributed by atoms with Crippen LogP contribution in [0.25, 0.3) is 16.8 Å². The van der Waals surface area contributed by atoms with Crippen LogP contribution in [0, 0.1) is 0 Å². The van der Waals surface area contributed by atoms with Crippen molar-refractivity contribution >= 4 is 29.1 Å². The van der Waals surface area contributed by atoms with Crippen molar-refractivity contribution in [1.29, 1.82) is 0 Å². The monoisotopic (exact) mass is 474 g/mol. The van der Waals surface area contributed by atoms with E-state index in [0.29, 0.717) is 47.3 Å². The molecule has 5 nitrogen and oxygen atoms in total. The average Bonchev–Trinajstić information content (AvgIpc) is 3.18. The Morgan fingerprint density at radius 3 is 2.45 bits per heavy atom. The first-order valence-corrected chi connectivity index (χ1v) is 10.4. The molecule has 2 aromatic carbocycles. The quantitative estimate of drug-likeness (QED) is 0.434. The number of methoxy groups -OCH3 is 1. The number of nitrogens with zero attached hydrogens (tertiary/aromatic N) is 2. The van der Waals surface area contributed by atoms with E-state index < -0.39 is 29.2 Å². The predicted molar refractivity (Wildman–Crippen MR) is 117 cm³/mol. The molecule has 9 heteroatoms. The van der Waals surface area contributed by atoms with Gasteiger partial charge in [-0.2, -0.15) is 23.0 Å². The predicted octanol–water partition coefficient (Wildman–Crippen LogP) is 6.05. The molecule has 0 N–H and O–H groups in total. The molecule has 0 radical (unpaired) electrons. The summed E-state index contributed by atoms with van der Waals surface area (Å²) in [5.74, 6) is -1.47. The lowest BCUT2D eigenvalue weighted by Crippen LogP contribution is -2.22. The maximum absolute atomic E-state index is 13.6. The second kappa shape index (κ2) is 8.51. The number of carbonyl (C=O) groups excluding carboxylic acids is 2. The Hall–Kier alpha value is -3.39. The molecule has 0 unspecified atom stereocenters. The molecule has 0 atom stereocenters. The Bertz CT molecular complexity index is 1280. The lowest BCUT2D eigenvalue weighted by Gasteiger charge is -2.17. The molecule has 4 rings (SSSR count). The van der Waals surface area contributed by atoms with Gasteiger partial charge in [-0.15, -0.1) is 0 Å². The fraction of sp³-hybridized carbons (Fsp3) is 0.208. The number of aromatic nitrogens is 2. The summed E-state index contributed by atoms with van der Waals surface area (Å²) in [6.07, 6.45) is -2.97. The van der Waals surface area contributed by atoms with Crippen LogP contribution in [0.2, 0.25) is 5.02 Å². The fourth-order valence-corrected chi connectivity index (χ4v) is 4.24. The zero-order valence-corrected chi connectivity index (χ0v) is 18.3. The van der Waals surface area contributed by atoms with Gasteiger partial charge in [-0.05, 0) is 49.1 Å². The summed E-state index contributed by atoms with van der Waals surface area (Å²) in [6, 6.07) is 9.60. The molecular formula is C24H18ClF3N2O3. The number of hydrogen-bond acceptors (Lipinski definition) is 4. The van der Waals surface area contributed by atoms with Gasteiger partial charge in [0.1, 0.15) is 5.69 Å². The summed E-state index contributed by atoms with van der Waals surface area (Å²) < 4.78 is 46.5. The van der Waals surface area contributed by atoms with Crippen molar-refractivity contribution in [3.8, 4) is 11.3 Å². The van der Waals surface area contributed by atoms with E-state index in [9.17, 15) is 22.8 Å². The van der Waals surface area contributed by atoms with Gasteiger partial charge in [-0.3, -0.25) is 4.79 Å². The molecule has 0 saturated heterocycles. The van der Waals surface area contributed by atoms with Crippen LogP contribution in [0.3, 0.4) is 0 Å². The van der Waals surface area contributed by atoms with Gasteiger partial charge in [0.15, 0.2) is 0 Å². The molecule has 33 heavy (non-hydrogen) atoms. The van der Waals surface area contributed by atoms with E-state index in [-0.39, 0.29) is 5.02 Å². The minimum absolute atomic E-state index is 0.308. The molecule has 0 aliphatic heterocycles. The summed E-state index contributed by atoms with van der Waals surface area (Å²) in [7, 11) is 1.27. The van der Waals surface area contributed by atoms with Gasteiger partial charge in [0, 0.05) is 11.1 Å². The van der Waals surface area contributed by atoms with Gasteiger partial charge in [0.05, 0.1) is 34.5 Å². The number of benzene rings is 2. The van der Waals surface area contributed by atoms with Crippen molar-refractivity contribution in [3.05, 3.63) is 82.0 Å². The van der Waals surface area contributed by atoms with Gasteiger partial charge < -0.3 is 4.74 Å². The van der Waals surface area contributed by atoms with Crippen LogP contribution in [0.15, 0.2) is 49.0 Å². The third-order valence-corrected chi connectivity index (χ3v) is 5.85. The SMILES string of the molecule is C=C1CCCc2c1c(-c1ccc(C(=O)OC)cc1)nn2C(=O)c1c(Cl)cccc1C(F)(F)F. The average molecular weight is 475 g/mol. The Balaban J connectivity index is 1.88. The van der Waals surface area contributed by atoms with Crippen LogP contribution >= 0.6 is 11.6 Å². The number of alkyl halides is 3. The van der Waals surface area contributed by atoms with Gasteiger partial charge in [-0.25, -0.2) is 4.79 Å². The van der Waals surface area contributed by atoms with Crippen LogP contribution in [-0.4, -0.2) is 28.8 Å². The number of halogens is 4. The summed E-state index contributed by atoms with van der Waals surface area (Å²) in [6.45, 7) is 4.08. The van der Waals surface area contributed by atoms with E-state index in [1.54, 1.807) is 24.3 Å². The highest BCUT2D eigenvalue weighted by molar-refractivity contribution is 6.34. The van der Waals surface area contributed by atoms with Crippen molar-refractivity contribution in [3.63, 3.8) is 0 Å². The van der Waals surface area contributed by atoms with Crippen LogP contribution < -0.4 is 0 Å². The van der Waals surface area contributed by atoms with Crippen LogP contribution in [0.4, 0.5) is 13.2 Å². The first-order chi connectivity index (χ1) is 15.6. The third-order valence-electron chi connectivity index (χ3n) is 5.53. The van der Waals surface area contributed by atoms with E-state index in [1.165, 1.54) is 13.2 Å². The topological polar surface area (TPSA) is 61.2 Å². The van der Waals surface area contributed by atoms with Gasteiger partial charge in [0.25, 0.3) is 5.91 Å². The van der Waals surface area contributed by atoms with Gasteiger partial charge in [-0.1, -0.05) is 36.4 Å². The number of allylic oxidation sites excluding steroid dienone is 1. The first kappa shape index (κ1) is 22.8. The molecule has 0 fully saturated rings. The Morgan fingerprint density at radius 1 is 1.12 bits per heavy atom. The maximum Gasteiger partial charge on any atom is 0.417 e. The maximum atomic E-state index is 13.6. The van der Waals surface area contributed by atoms with Crippen LogP contribution in [-0.2, 0) is 17.3 Å². The molecule has 0 saturated carbocycles. The molecule has 1 heterocycles. The van der Waals surface area contributed by atoms with Gasteiger partial charge >= 0.3 is 12.1 Å². The lowest BCUT2D eigenvalue weighted by atomic mass is 9.89. The normalized spacial score (nSPS) is 13.5. The Labute approximate surface area is 192 Å². The molecule has 3 aromatic rings. The Kier molecular flexibility index (Phi) is 5.88. The van der Waals surface area contributed by atoms with E-state index in [0.717, 1.165) is 22.4 Å². The highest BCUT2D eigenvalue weighted by Gasteiger charge is 2.38. The van der Waals surface area contributed by atoms with E-state index in [1.807, 2.05) is 0 Å². The molecule has 0 spiro atoms. The lowest BCUT2D eigenvalue weighted by molar-refractivity contribution is -0.137. The molecular weight excluding hydrogens is 457 g/mol. The molecule has 1 aliphatic carbocycles. The smallest absolute Gasteiger partial charge is 0.417 e. The van der Waals surface area contributed by atoms with Crippen LogP contribution in [0.1, 0.15) is 50.4 Å². The van der Waals surface area contributed by atoms with Crippen molar-refractivity contribution in [1.82, 2.24) is 9.78 Å². The van der Waals surface area contributed by atoms with E-state index in [2.05, 4.69) is 11.7 Å². The highest BCUT2D eigenvalue weighted by atomic mass is 35.5. The fourth-order valence-electron chi connectivity index (χ4n) is 3.99. The number of hydrogen-bond donors (Lipinski definition) is 0. The number of fused-ring (bicyclic) bond motifs is 1. The second-order valence-electron chi connectivity index (χ2n) is 7.57. The van der Waals surface area contributed by atoms with Crippen molar-refractivity contribution in [2.75, 3.05) is 7.11 Å². The van der Waals surface area contributed by atoms with Crippen molar-refractivity contribution in [2.24, 2.45) is 0 Å². The van der Waals surface area contributed by atoms with Crippen molar-refractivity contribution < 1.29 is 27.5 Å². The Morgan fingerprint density at radius 2 is 1.82 bits per heavy atom. The highest BCUT2D eigenvalue weighted by Crippen LogP contribution is 2.39. The summed E-state index contributed by atoms with van der Waals surface area (Å²) in [4.78, 5) is 25.1. The minimum Gasteiger partial charge on any atom is -0.465 e. The summed E-state index contributed by atoms with van der Waals surface area (Å²) in [5, 5.41) is 4.10. The first-order valence-electron chi connectivity index (χ1n) is 10.0. The molecule has 1 aromatic heterocycles. The second-order valence-corrected chi connectivity index (χ2v) is 7.98. The van der Waals surface area contributed by atoms with E-state index >= 15 is 0 Å². The summed E-state index contributed by atoms with van der Waals surface area (Å²) in [5.41, 5.74) is 1.39. The molecule has 0 bridgehead atoms. The minimum atomic E-state index is -4.76. The van der Waals surface area contributed by atoms with Gasteiger partial charge in [0.2, 0.25) is 0 Å². The van der Waals surface area contributed by atoms with E-state index in [4.69, 9.17) is 16.3 Å². The number of rotatable bonds is 3. The summed E-state index contributed by atoms with van der Waals surface area (Å²) >= 11 is 6.05. The number of carbonyl (C=O) groups is 2. The molecule has 0 amide bonds. The standard InChI is InChI=1S/C24H18ClF3N2O3/c1-13-5-3-8-18-19(13)21(14-9-11-15(12-10-14)23(32)33-2)29-30(18)22(31)20-16(24(26,27)28)6-4-7-17(20)25/h4,6-7,9-12H,1,3,5,8H2,2H3. The molecule has 1 aliphatic rings. The van der Waals surface area contributed by atoms with Crippen molar-refractivity contribution in [2.45, 2.75) is 25.4 Å². The number of ether oxygens (including phenoxy) is 1. The largest absolute Gasteiger partial charge is 0.465 e. The zero-order chi connectivity index (χ0) is 23.9. The molecule has 170 valence electrons. The third kappa shape index (κ3) is 4.06. The zero-order valence-electron chi connectivity index (χ0n) is 17.5.